The van der Waals surface area contributed by atoms with Gasteiger partial charge in [-0.1, -0.05) is 62.4 Å². The summed E-state index contributed by atoms with van der Waals surface area (Å²) < 4.78 is 4.70. The van der Waals surface area contributed by atoms with Gasteiger partial charge in [-0.25, -0.2) is 4.79 Å². The largest absolute Gasteiger partial charge is 0.453 e. The molecule has 1 aliphatic carbocycles. The first kappa shape index (κ1) is 19.8. The molecule has 1 unspecified atom stereocenters. The number of nitrogens with one attached hydrogen (secondary N) is 2. The van der Waals surface area contributed by atoms with Crippen LogP contribution in [0.15, 0.2) is 48.6 Å². The van der Waals surface area contributed by atoms with E-state index >= 15 is 0 Å². The van der Waals surface area contributed by atoms with Crippen LogP contribution in [0.4, 0.5) is 4.79 Å². The number of alkyl carbamates (subject to hydrolysis) is 1. The molecule has 0 aromatic heterocycles. The van der Waals surface area contributed by atoms with Gasteiger partial charge in [0.15, 0.2) is 0 Å². The highest BCUT2D eigenvalue weighted by Crippen LogP contribution is 2.41. The minimum absolute atomic E-state index is 0.0750. The summed E-state index contributed by atoms with van der Waals surface area (Å²) in [5, 5.41) is 5.79. The number of amides is 2. The van der Waals surface area contributed by atoms with E-state index in [-0.39, 0.29) is 12.5 Å². The second-order valence-corrected chi connectivity index (χ2v) is 6.94. The predicted molar refractivity (Wildman–Crippen MR) is 103 cm³/mol. The molecule has 2 amide bonds. The van der Waals surface area contributed by atoms with Gasteiger partial charge in [0.25, 0.3) is 0 Å². The third kappa shape index (κ3) is 4.75. The number of ether oxygens (including phenoxy) is 1. The number of hydrogen-bond donors (Lipinski definition) is 2. The average Bonchev–Trinajstić information content (AvgIpc) is 2.66. The molecule has 5 heteroatoms. The van der Waals surface area contributed by atoms with E-state index in [1.807, 2.05) is 48.6 Å². The summed E-state index contributed by atoms with van der Waals surface area (Å²) in [6.45, 7) is 5.04. The van der Waals surface area contributed by atoms with Crippen LogP contribution in [0, 0.1) is 11.3 Å². The van der Waals surface area contributed by atoms with Crippen molar-refractivity contribution in [3.63, 3.8) is 0 Å². The predicted octanol–water partition coefficient (Wildman–Crippen LogP) is 3.53. The lowest BCUT2D eigenvalue weighted by atomic mass is 9.71. The van der Waals surface area contributed by atoms with E-state index in [2.05, 4.69) is 24.5 Å². The van der Waals surface area contributed by atoms with Gasteiger partial charge in [0.2, 0.25) is 5.91 Å². The number of carbonyl (C=O) groups excluding carboxylic acids is 2. The highest BCUT2D eigenvalue weighted by atomic mass is 16.5. The lowest BCUT2D eigenvalue weighted by Crippen LogP contribution is -2.49. The Bertz CT molecular complexity index is 680. The van der Waals surface area contributed by atoms with Crippen molar-refractivity contribution < 1.29 is 14.3 Å². The molecule has 2 rings (SSSR count). The second kappa shape index (κ2) is 9.22. The number of rotatable bonds is 7. The highest BCUT2D eigenvalue weighted by Gasteiger charge is 2.42. The summed E-state index contributed by atoms with van der Waals surface area (Å²) in [5.41, 5.74) is 1.02. The van der Waals surface area contributed by atoms with Gasteiger partial charge < -0.3 is 15.4 Å². The van der Waals surface area contributed by atoms with Gasteiger partial charge in [0, 0.05) is 13.1 Å². The van der Waals surface area contributed by atoms with Crippen molar-refractivity contribution in [3.8, 4) is 0 Å². The van der Waals surface area contributed by atoms with Crippen LogP contribution < -0.4 is 10.6 Å². The van der Waals surface area contributed by atoms with Crippen LogP contribution in [0.3, 0.4) is 0 Å². The third-order valence-corrected chi connectivity index (χ3v) is 4.63. The summed E-state index contributed by atoms with van der Waals surface area (Å²) in [6, 6.07) is 9.81. The van der Waals surface area contributed by atoms with E-state index in [1.54, 1.807) is 0 Å². The maximum atomic E-state index is 13.2. The zero-order valence-corrected chi connectivity index (χ0v) is 15.7. The molecule has 26 heavy (non-hydrogen) atoms. The van der Waals surface area contributed by atoms with Crippen molar-refractivity contribution in [2.24, 2.45) is 11.3 Å². The van der Waals surface area contributed by atoms with Crippen molar-refractivity contribution in [1.29, 1.82) is 0 Å². The Morgan fingerprint density at radius 2 is 1.92 bits per heavy atom. The quantitative estimate of drug-likeness (QED) is 0.785. The van der Waals surface area contributed by atoms with E-state index in [1.165, 1.54) is 7.11 Å². The first-order valence-corrected chi connectivity index (χ1v) is 9.02. The molecule has 0 bridgehead atoms. The maximum Gasteiger partial charge on any atom is 0.406 e. The van der Waals surface area contributed by atoms with Crippen molar-refractivity contribution in [1.82, 2.24) is 10.6 Å². The molecule has 0 spiro atoms. The van der Waals surface area contributed by atoms with Gasteiger partial charge in [-0.05, 0) is 29.9 Å². The van der Waals surface area contributed by atoms with Gasteiger partial charge in [-0.2, -0.15) is 0 Å². The zero-order valence-electron chi connectivity index (χ0n) is 15.7. The summed E-state index contributed by atoms with van der Waals surface area (Å²) in [6.07, 6.45) is 6.77. The Balaban J connectivity index is 2.32. The lowest BCUT2D eigenvalue weighted by Gasteiger charge is -2.36. The van der Waals surface area contributed by atoms with E-state index in [9.17, 15) is 9.59 Å². The van der Waals surface area contributed by atoms with Crippen LogP contribution in [0.5, 0.6) is 0 Å². The molecule has 0 saturated carbocycles. The molecular formula is C21H28N2O3. The molecule has 0 radical (unpaired) electrons. The molecule has 0 saturated heterocycles. The zero-order chi connectivity index (χ0) is 19.0. The lowest BCUT2D eigenvalue weighted by molar-refractivity contribution is -0.127. The van der Waals surface area contributed by atoms with Crippen molar-refractivity contribution in [3.05, 3.63) is 54.1 Å². The van der Waals surface area contributed by atoms with Crippen LogP contribution in [0.25, 0.3) is 5.57 Å². The van der Waals surface area contributed by atoms with Crippen molar-refractivity contribution in [2.45, 2.75) is 26.7 Å². The molecule has 1 aromatic rings. The van der Waals surface area contributed by atoms with Crippen LogP contribution in [0.1, 0.15) is 32.3 Å². The molecule has 0 heterocycles. The molecule has 1 aliphatic rings. The fraction of sp³-hybridized carbons (Fsp3) is 0.429. The SMILES string of the molecule is COC(=O)NCC1(C(=O)NCCC(C)C)CC=CC=C1c1ccccc1. The highest BCUT2D eigenvalue weighted by molar-refractivity contribution is 5.98. The van der Waals surface area contributed by atoms with E-state index < -0.39 is 11.5 Å². The van der Waals surface area contributed by atoms with Gasteiger partial charge >= 0.3 is 6.09 Å². The Hall–Kier alpha value is -2.56. The number of benzene rings is 1. The van der Waals surface area contributed by atoms with Gasteiger partial charge in [0.1, 0.15) is 0 Å². The normalized spacial score (nSPS) is 19.0. The Morgan fingerprint density at radius 1 is 1.19 bits per heavy atom. The first-order valence-electron chi connectivity index (χ1n) is 9.02. The minimum Gasteiger partial charge on any atom is -0.453 e. The Morgan fingerprint density at radius 3 is 2.58 bits per heavy atom. The Labute approximate surface area is 155 Å². The summed E-state index contributed by atoms with van der Waals surface area (Å²) in [5.74, 6) is 0.434. The average molecular weight is 356 g/mol. The first-order chi connectivity index (χ1) is 12.5. The topological polar surface area (TPSA) is 67.4 Å². The molecule has 0 fully saturated rings. The maximum absolute atomic E-state index is 13.2. The summed E-state index contributed by atoms with van der Waals surface area (Å²) >= 11 is 0. The number of allylic oxidation sites excluding steroid dienone is 3. The van der Waals surface area contributed by atoms with Crippen LogP contribution in [-0.2, 0) is 9.53 Å². The fourth-order valence-electron chi connectivity index (χ4n) is 3.09. The van der Waals surface area contributed by atoms with Crippen molar-refractivity contribution >= 4 is 17.6 Å². The van der Waals surface area contributed by atoms with Crippen LogP contribution in [-0.4, -0.2) is 32.2 Å². The van der Waals surface area contributed by atoms with Gasteiger partial charge in [0.05, 0.1) is 12.5 Å². The smallest absolute Gasteiger partial charge is 0.406 e. The number of carbonyl (C=O) groups is 2. The third-order valence-electron chi connectivity index (χ3n) is 4.63. The molecule has 1 atom stereocenters. The van der Waals surface area contributed by atoms with E-state index in [0.717, 1.165) is 17.6 Å². The summed E-state index contributed by atoms with van der Waals surface area (Å²) in [4.78, 5) is 24.9. The van der Waals surface area contributed by atoms with Crippen LogP contribution in [0.2, 0.25) is 0 Å². The number of hydrogen-bond acceptors (Lipinski definition) is 3. The van der Waals surface area contributed by atoms with Crippen molar-refractivity contribution in [2.75, 3.05) is 20.2 Å². The van der Waals surface area contributed by atoms with Gasteiger partial charge in [-0.3, -0.25) is 4.79 Å². The summed E-state index contributed by atoms with van der Waals surface area (Å²) in [7, 11) is 1.32. The monoisotopic (exact) mass is 356 g/mol. The molecule has 5 nitrogen and oxygen atoms in total. The molecule has 1 aromatic carbocycles. The molecule has 2 N–H and O–H groups in total. The minimum atomic E-state index is -0.860. The fourth-order valence-corrected chi connectivity index (χ4v) is 3.09. The molecule has 0 aliphatic heterocycles. The molecular weight excluding hydrogens is 328 g/mol. The number of methoxy groups -OCH3 is 1. The Kier molecular flexibility index (Phi) is 7.01. The molecule has 140 valence electrons. The van der Waals surface area contributed by atoms with E-state index in [4.69, 9.17) is 4.74 Å². The second-order valence-electron chi connectivity index (χ2n) is 6.94. The van der Waals surface area contributed by atoms with E-state index in [0.29, 0.717) is 18.9 Å². The van der Waals surface area contributed by atoms with Gasteiger partial charge in [-0.15, -0.1) is 0 Å². The van der Waals surface area contributed by atoms with Crippen LogP contribution >= 0.6 is 0 Å². The standard InChI is InChI=1S/C21H28N2O3/c1-16(2)12-14-22-19(24)21(15-23-20(25)26-3)13-8-7-11-18(21)17-9-5-4-6-10-17/h4-11,16H,12-15H2,1-3H3,(H,22,24)(H,23,25).